The van der Waals surface area contributed by atoms with Crippen molar-refractivity contribution < 1.29 is 13.6 Å². The fourth-order valence-corrected chi connectivity index (χ4v) is 1.64. The number of benzene rings is 1. The highest BCUT2D eigenvalue weighted by Gasteiger charge is 2.17. The van der Waals surface area contributed by atoms with E-state index in [4.69, 9.17) is 5.73 Å². The summed E-state index contributed by atoms with van der Waals surface area (Å²) in [6, 6.07) is 3.32. The zero-order valence-corrected chi connectivity index (χ0v) is 10.4. The van der Waals surface area contributed by atoms with Crippen LogP contribution in [0.1, 0.15) is 36.5 Å². The number of carbonyl (C=O) groups is 1. The maximum atomic E-state index is 13.4. The molecule has 3 N–H and O–H groups in total. The molecule has 3 nitrogen and oxygen atoms in total. The topological polar surface area (TPSA) is 55.1 Å². The third-order valence-electron chi connectivity index (χ3n) is 2.72. The second-order valence-corrected chi connectivity index (χ2v) is 4.15. The van der Waals surface area contributed by atoms with Crippen LogP contribution in [-0.2, 0) is 0 Å². The lowest BCUT2D eigenvalue weighted by Gasteiger charge is -2.16. The van der Waals surface area contributed by atoms with Crippen LogP contribution in [0, 0.1) is 11.6 Å². The van der Waals surface area contributed by atoms with E-state index in [2.05, 4.69) is 5.32 Å². The molecule has 0 aromatic heterocycles. The van der Waals surface area contributed by atoms with Crippen LogP contribution >= 0.6 is 0 Å². The number of unbranched alkanes of at least 4 members (excludes halogenated alkanes) is 1. The van der Waals surface area contributed by atoms with Gasteiger partial charge in [0.25, 0.3) is 5.91 Å². The largest absolute Gasteiger partial charge is 0.348 e. The van der Waals surface area contributed by atoms with E-state index in [-0.39, 0.29) is 18.2 Å². The number of hydrogen-bond donors (Lipinski definition) is 2. The molecule has 0 heterocycles. The molecule has 0 aliphatic carbocycles. The van der Waals surface area contributed by atoms with Crippen LogP contribution in [0.25, 0.3) is 0 Å². The van der Waals surface area contributed by atoms with Gasteiger partial charge in [0.05, 0.1) is 5.56 Å². The molecule has 5 heteroatoms. The average molecular weight is 256 g/mol. The molecule has 18 heavy (non-hydrogen) atoms. The van der Waals surface area contributed by atoms with Crippen molar-refractivity contribution >= 4 is 5.91 Å². The summed E-state index contributed by atoms with van der Waals surface area (Å²) in [5.41, 5.74) is 5.24. The van der Waals surface area contributed by atoms with Crippen molar-refractivity contribution in [1.29, 1.82) is 0 Å². The average Bonchev–Trinajstić information content (AvgIpc) is 2.37. The first-order valence-electron chi connectivity index (χ1n) is 6.05. The second-order valence-electron chi connectivity index (χ2n) is 4.15. The summed E-state index contributed by atoms with van der Waals surface area (Å²) in [6.07, 6.45) is 2.64. The molecule has 1 atom stereocenters. The summed E-state index contributed by atoms with van der Waals surface area (Å²) in [6.45, 7) is 2.31. The number of nitrogens with two attached hydrogens (primary N) is 1. The fourth-order valence-electron chi connectivity index (χ4n) is 1.64. The monoisotopic (exact) mass is 256 g/mol. The summed E-state index contributed by atoms with van der Waals surface area (Å²) >= 11 is 0. The molecular formula is C13H18F2N2O. The lowest BCUT2D eigenvalue weighted by Crippen LogP contribution is -2.40. The van der Waals surface area contributed by atoms with Gasteiger partial charge in [0.1, 0.15) is 0 Å². The highest BCUT2D eigenvalue weighted by molar-refractivity contribution is 5.94. The van der Waals surface area contributed by atoms with Gasteiger partial charge >= 0.3 is 0 Å². The summed E-state index contributed by atoms with van der Waals surface area (Å²) in [5.74, 6) is -2.78. The molecule has 1 aromatic rings. The Bertz CT molecular complexity index is 410. The van der Waals surface area contributed by atoms with Gasteiger partial charge in [-0.2, -0.15) is 0 Å². The predicted molar refractivity (Wildman–Crippen MR) is 66.2 cm³/mol. The normalized spacial score (nSPS) is 12.2. The number of hydrogen-bond acceptors (Lipinski definition) is 2. The molecule has 1 rings (SSSR count). The van der Waals surface area contributed by atoms with Crippen molar-refractivity contribution in [2.45, 2.75) is 32.2 Å². The van der Waals surface area contributed by atoms with Gasteiger partial charge < -0.3 is 11.1 Å². The minimum Gasteiger partial charge on any atom is -0.348 e. The Labute approximate surface area is 105 Å². The lowest BCUT2D eigenvalue weighted by molar-refractivity contribution is 0.0930. The van der Waals surface area contributed by atoms with E-state index < -0.39 is 17.5 Å². The second kappa shape index (κ2) is 7.06. The molecule has 0 spiro atoms. The van der Waals surface area contributed by atoms with E-state index in [1.807, 2.05) is 6.92 Å². The minimum absolute atomic E-state index is 0.208. The number of halogens is 2. The van der Waals surface area contributed by atoms with Gasteiger partial charge in [0, 0.05) is 12.6 Å². The van der Waals surface area contributed by atoms with E-state index in [9.17, 15) is 13.6 Å². The number of nitrogens with one attached hydrogen (secondary N) is 1. The Morgan fingerprint density at radius 3 is 2.78 bits per heavy atom. The van der Waals surface area contributed by atoms with Crippen molar-refractivity contribution in [3.63, 3.8) is 0 Å². The van der Waals surface area contributed by atoms with Crippen LogP contribution in [0.15, 0.2) is 18.2 Å². The zero-order chi connectivity index (χ0) is 13.5. The molecule has 100 valence electrons. The molecule has 1 aromatic carbocycles. The van der Waals surface area contributed by atoms with E-state index in [1.165, 1.54) is 12.1 Å². The van der Waals surface area contributed by atoms with Crippen molar-refractivity contribution in [3.8, 4) is 0 Å². The Morgan fingerprint density at radius 1 is 1.44 bits per heavy atom. The maximum absolute atomic E-state index is 13.4. The highest BCUT2D eigenvalue weighted by Crippen LogP contribution is 2.11. The van der Waals surface area contributed by atoms with Crippen LogP contribution < -0.4 is 11.1 Å². The van der Waals surface area contributed by atoms with Crippen LogP contribution in [0.4, 0.5) is 8.78 Å². The molecule has 0 saturated heterocycles. The molecule has 0 fully saturated rings. The van der Waals surface area contributed by atoms with E-state index in [0.29, 0.717) is 0 Å². The molecular weight excluding hydrogens is 238 g/mol. The third kappa shape index (κ3) is 3.77. The number of rotatable bonds is 6. The van der Waals surface area contributed by atoms with Crippen LogP contribution in [0.5, 0.6) is 0 Å². The molecule has 0 aliphatic heterocycles. The standard InChI is InChI=1S/C13H18F2N2O/c1-2-3-5-9(8-16)17-13(18)10-6-4-7-11(14)12(10)15/h4,6-7,9H,2-3,5,8,16H2,1H3,(H,17,18). The molecule has 1 unspecified atom stereocenters. The van der Waals surface area contributed by atoms with Crippen molar-refractivity contribution in [3.05, 3.63) is 35.4 Å². The van der Waals surface area contributed by atoms with Crippen LogP contribution in [0.2, 0.25) is 0 Å². The highest BCUT2D eigenvalue weighted by atomic mass is 19.2. The Morgan fingerprint density at radius 2 is 2.17 bits per heavy atom. The first-order valence-corrected chi connectivity index (χ1v) is 6.05. The first-order chi connectivity index (χ1) is 8.60. The van der Waals surface area contributed by atoms with Gasteiger partial charge in [-0.3, -0.25) is 4.79 Å². The summed E-state index contributed by atoms with van der Waals surface area (Å²) in [7, 11) is 0. The minimum atomic E-state index is -1.12. The number of amides is 1. The van der Waals surface area contributed by atoms with Crippen molar-refractivity contribution in [2.24, 2.45) is 5.73 Å². The Hall–Kier alpha value is -1.49. The molecule has 0 aliphatic rings. The van der Waals surface area contributed by atoms with Crippen LogP contribution in [-0.4, -0.2) is 18.5 Å². The van der Waals surface area contributed by atoms with E-state index >= 15 is 0 Å². The van der Waals surface area contributed by atoms with Gasteiger partial charge in [-0.1, -0.05) is 25.8 Å². The molecule has 0 saturated carbocycles. The fraction of sp³-hybridized carbons (Fsp3) is 0.462. The van der Waals surface area contributed by atoms with Gasteiger partial charge in [-0.05, 0) is 18.6 Å². The van der Waals surface area contributed by atoms with Gasteiger partial charge in [0.2, 0.25) is 0 Å². The lowest BCUT2D eigenvalue weighted by atomic mass is 10.1. The van der Waals surface area contributed by atoms with Gasteiger partial charge in [-0.25, -0.2) is 8.78 Å². The molecule has 1 amide bonds. The zero-order valence-electron chi connectivity index (χ0n) is 10.4. The van der Waals surface area contributed by atoms with Gasteiger partial charge in [-0.15, -0.1) is 0 Å². The smallest absolute Gasteiger partial charge is 0.254 e. The summed E-state index contributed by atoms with van der Waals surface area (Å²) in [5, 5.41) is 2.62. The van der Waals surface area contributed by atoms with E-state index in [1.54, 1.807) is 0 Å². The summed E-state index contributed by atoms with van der Waals surface area (Å²) in [4.78, 5) is 11.8. The Kier molecular flexibility index (Phi) is 5.71. The predicted octanol–water partition coefficient (Wildman–Crippen LogP) is 2.21. The van der Waals surface area contributed by atoms with Crippen LogP contribution in [0.3, 0.4) is 0 Å². The van der Waals surface area contributed by atoms with Crippen molar-refractivity contribution in [1.82, 2.24) is 5.32 Å². The Balaban J connectivity index is 2.72. The third-order valence-corrected chi connectivity index (χ3v) is 2.72. The summed E-state index contributed by atoms with van der Waals surface area (Å²) < 4.78 is 26.4. The van der Waals surface area contributed by atoms with Crippen molar-refractivity contribution in [2.75, 3.05) is 6.54 Å². The molecule has 0 radical (unpaired) electrons. The van der Waals surface area contributed by atoms with Gasteiger partial charge in [0.15, 0.2) is 11.6 Å². The van der Waals surface area contributed by atoms with E-state index in [0.717, 1.165) is 25.3 Å². The quantitative estimate of drug-likeness (QED) is 0.820. The first kappa shape index (κ1) is 14.6. The number of carbonyl (C=O) groups excluding carboxylic acids is 1. The SMILES string of the molecule is CCCCC(CN)NC(=O)c1cccc(F)c1F. The molecule has 0 bridgehead atoms. The maximum Gasteiger partial charge on any atom is 0.254 e.